The van der Waals surface area contributed by atoms with Gasteiger partial charge in [-0.2, -0.15) is 0 Å². The van der Waals surface area contributed by atoms with Gasteiger partial charge in [0, 0.05) is 5.92 Å². The van der Waals surface area contributed by atoms with Crippen LogP contribution in [0.1, 0.15) is 90.4 Å². The smallest absolute Gasteiger partial charge is 0.237 e. The quantitative estimate of drug-likeness (QED) is 0.236. The predicted molar refractivity (Wildman–Crippen MR) is 91.0 cm³/mol. The van der Waals surface area contributed by atoms with Crippen LogP contribution in [-0.2, 0) is 4.79 Å². The van der Waals surface area contributed by atoms with E-state index in [4.69, 9.17) is 5.84 Å². The average molecular weight is 312 g/mol. The highest BCUT2D eigenvalue weighted by molar-refractivity contribution is 5.77. The minimum atomic E-state index is -0.368. The number of nitrogens with one attached hydrogen (secondary N) is 1. The van der Waals surface area contributed by atoms with Crippen LogP contribution in [0.2, 0.25) is 0 Å². The number of unbranched alkanes of at least 4 members (excludes halogenated alkanes) is 4. The third kappa shape index (κ3) is 8.14. The number of aliphatic hydroxyl groups excluding tert-OH is 1. The van der Waals surface area contributed by atoms with Crippen LogP contribution in [0.5, 0.6) is 0 Å². The first-order valence-corrected chi connectivity index (χ1v) is 9.35. The van der Waals surface area contributed by atoms with Gasteiger partial charge in [0.15, 0.2) is 0 Å². The largest absolute Gasteiger partial charge is 0.393 e. The Kier molecular flexibility index (Phi) is 10.5. The lowest BCUT2D eigenvalue weighted by Crippen LogP contribution is -2.38. The predicted octanol–water partition coefficient (Wildman–Crippen LogP) is 3.67. The van der Waals surface area contributed by atoms with Crippen LogP contribution < -0.4 is 11.3 Å². The second kappa shape index (κ2) is 11.9. The first-order valence-electron chi connectivity index (χ1n) is 9.35. The summed E-state index contributed by atoms with van der Waals surface area (Å²) in [4.78, 5) is 12.0. The molecular formula is C18H36N2O2. The molecule has 1 fully saturated rings. The van der Waals surface area contributed by atoms with Crippen LogP contribution in [-0.4, -0.2) is 17.1 Å². The van der Waals surface area contributed by atoms with E-state index in [-0.39, 0.29) is 17.9 Å². The van der Waals surface area contributed by atoms with Gasteiger partial charge >= 0.3 is 0 Å². The number of hydrogen-bond donors (Lipinski definition) is 3. The standard InChI is InChI=1S/C18H36N2O2/c1-2-3-4-5-9-12-17(21)14-16(18(22)20-19)13-15-10-7-6-8-11-15/h15-17,21H,2-14,19H2,1H3,(H,20,22)/t16-,17+/m0/s1. The number of carbonyl (C=O) groups excluding carboxylic acids is 1. The number of aliphatic hydroxyl groups is 1. The lowest BCUT2D eigenvalue weighted by Gasteiger charge is -2.26. The van der Waals surface area contributed by atoms with Crippen molar-refractivity contribution in [2.75, 3.05) is 0 Å². The zero-order chi connectivity index (χ0) is 16.2. The van der Waals surface area contributed by atoms with Gasteiger partial charge in [0.25, 0.3) is 0 Å². The van der Waals surface area contributed by atoms with Crippen molar-refractivity contribution in [3.63, 3.8) is 0 Å². The van der Waals surface area contributed by atoms with Crippen molar-refractivity contribution in [1.82, 2.24) is 5.43 Å². The van der Waals surface area contributed by atoms with Crippen molar-refractivity contribution in [2.45, 2.75) is 96.5 Å². The Bertz CT molecular complexity index is 291. The molecule has 0 spiro atoms. The molecule has 4 heteroatoms. The van der Waals surface area contributed by atoms with Gasteiger partial charge in [-0.05, 0) is 25.2 Å². The third-order valence-corrected chi connectivity index (χ3v) is 5.05. The van der Waals surface area contributed by atoms with E-state index in [0.29, 0.717) is 12.3 Å². The fraction of sp³-hybridized carbons (Fsp3) is 0.944. The molecule has 1 aliphatic rings. The summed E-state index contributed by atoms with van der Waals surface area (Å²) in [6, 6.07) is 0. The number of carbonyl (C=O) groups is 1. The highest BCUT2D eigenvalue weighted by Gasteiger charge is 2.26. The van der Waals surface area contributed by atoms with Crippen LogP contribution >= 0.6 is 0 Å². The van der Waals surface area contributed by atoms with Gasteiger partial charge < -0.3 is 5.11 Å². The summed E-state index contributed by atoms with van der Waals surface area (Å²) in [5.41, 5.74) is 2.29. The number of rotatable bonds is 11. The summed E-state index contributed by atoms with van der Waals surface area (Å²) in [7, 11) is 0. The molecule has 1 saturated carbocycles. The molecule has 2 atom stereocenters. The van der Waals surface area contributed by atoms with E-state index in [0.717, 1.165) is 19.3 Å². The topological polar surface area (TPSA) is 75.3 Å². The second-order valence-corrected chi connectivity index (χ2v) is 7.04. The maximum Gasteiger partial charge on any atom is 0.237 e. The molecule has 0 aliphatic heterocycles. The van der Waals surface area contributed by atoms with Gasteiger partial charge in [-0.15, -0.1) is 0 Å². The van der Waals surface area contributed by atoms with Crippen LogP contribution in [0.15, 0.2) is 0 Å². The lowest BCUT2D eigenvalue weighted by atomic mass is 9.80. The Hall–Kier alpha value is -0.610. The molecule has 1 rings (SSSR count). The van der Waals surface area contributed by atoms with Gasteiger partial charge in [-0.1, -0.05) is 71.1 Å². The van der Waals surface area contributed by atoms with Gasteiger partial charge in [0.2, 0.25) is 5.91 Å². The first-order chi connectivity index (χ1) is 10.7. The zero-order valence-electron chi connectivity index (χ0n) is 14.4. The van der Waals surface area contributed by atoms with Crippen molar-refractivity contribution >= 4 is 5.91 Å². The fourth-order valence-electron chi connectivity index (χ4n) is 3.68. The molecule has 0 bridgehead atoms. The molecule has 0 radical (unpaired) electrons. The SMILES string of the molecule is CCCCCCC[C@@H](O)C[C@H](CC1CCCCC1)C(=O)NN. The van der Waals surface area contributed by atoms with Crippen molar-refractivity contribution in [3.8, 4) is 0 Å². The van der Waals surface area contributed by atoms with Crippen LogP contribution in [0.4, 0.5) is 0 Å². The van der Waals surface area contributed by atoms with E-state index < -0.39 is 0 Å². The molecule has 1 amide bonds. The minimum absolute atomic E-state index is 0.101. The maximum absolute atomic E-state index is 12.0. The number of hydrogen-bond acceptors (Lipinski definition) is 3. The summed E-state index contributed by atoms with van der Waals surface area (Å²) in [5, 5.41) is 10.2. The number of amides is 1. The fourth-order valence-corrected chi connectivity index (χ4v) is 3.68. The van der Waals surface area contributed by atoms with E-state index >= 15 is 0 Å². The molecule has 4 N–H and O–H groups in total. The van der Waals surface area contributed by atoms with Gasteiger partial charge in [-0.25, -0.2) is 5.84 Å². The Morgan fingerprint density at radius 3 is 2.50 bits per heavy atom. The number of hydrazine groups is 1. The van der Waals surface area contributed by atoms with Gasteiger partial charge in [-0.3, -0.25) is 10.2 Å². The molecule has 22 heavy (non-hydrogen) atoms. The zero-order valence-corrected chi connectivity index (χ0v) is 14.4. The Morgan fingerprint density at radius 2 is 1.86 bits per heavy atom. The second-order valence-electron chi connectivity index (χ2n) is 7.04. The normalized spacial score (nSPS) is 18.9. The highest BCUT2D eigenvalue weighted by Crippen LogP contribution is 2.31. The van der Waals surface area contributed by atoms with E-state index in [1.54, 1.807) is 0 Å². The highest BCUT2D eigenvalue weighted by atomic mass is 16.3. The van der Waals surface area contributed by atoms with Gasteiger partial charge in [0.1, 0.15) is 0 Å². The molecule has 4 nitrogen and oxygen atoms in total. The molecule has 0 unspecified atom stereocenters. The van der Waals surface area contributed by atoms with Crippen LogP contribution in [0, 0.1) is 11.8 Å². The Balaban J connectivity index is 2.31. The molecule has 0 aromatic rings. The van der Waals surface area contributed by atoms with Gasteiger partial charge in [0.05, 0.1) is 6.10 Å². The maximum atomic E-state index is 12.0. The first kappa shape index (κ1) is 19.4. The summed E-state index contributed by atoms with van der Waals surface area (Å²) < 4.78 is 0. The third-order valence-electron chi connectivity index (χ3n) is 5.05. The van der Waals surface area contributed by atoms with Crippen LogP contribution in [0.3, 0.4) is 0 Å². The summed E-state index contributed by atoms with van der Waals surface area (Å²) in [5.74, 6) is 5.73. The van der Waals surface area contributed by atoms with E-state index in [9.17, 15) is 9.90 Å². The molecule has 0 aromatic heterocycles. The average Bonchev–Trinajstić information content (AvgIpc) is 2.54. The van der Waals surface area contributed by atoms with Crippen molar-refractivity contribution in [1.29, 1.82) is 0 Å². The lowest BCUT2D eigenvalue weighted by molar-refractivity contribution is -0.126. The molecule has 0 aromatic carbocycles. The summed E-state index contributed by atoms with van der Waals surface area (Å²) >= 11 is 0. The monoisotopic (exact) mass is 312 g/mol. The molecule has 0 heterocycles. The van der Waals surface area contributed by atoms with E-state index in [1.807, 2.05) is 0 Å². The summed E-state index contributed by atoms with van der Waals surface area (Å²) in [6.45, 7) is 2.20. The van der Waals surface area contributed by atoms with Crippen molar-refractivity contribution < 1.29 is 9.90 Å². The van der Waals surface area contributed by atoms with Crippen LogP contribution in [0.25, 0.3) is 0 Å². The van der Waals surface area contributed by atoms with E-state index in [1.165, 1.54) is 57.8 Å². The molecule has 1 aliphatic carbocycles. The Labute approximate surface area is 136 Å². The molecule has 130 valence electrons. The van der Waals surface area contributed by atoms with Crippen molar-refractivity contribution in [3.05, 3.63) is 0 Å². The molecular weight excluding hydrogens is 276 g/mol. The Morgan fingerprint density at radius 1 is 1.18 bits per heavy atom. The summed E-state index contributed by atoms with van der Waals surface area (Å²) in [6.07, 6.45) is 14.2. The molecule has 0 saturated heterocycles. The minimum Gasteiger partial charge on any atom is -0.393 e. The number of nitrogens with two attached hydrogens (primary N) is 1. The van der Waals surface area contributed by atoms with Crippen molar-refractivity contribution in [2.24, 2.45) is 17.7 Å². The van der Waals surface area contributed by atoms with E-state index in [2.05, 4.69) is 12.3 Å².